The molecule has 1 aromatic rings. The van der Waals surface area contributed by atoms with Crippen molar-refractivity contribution in [1.29, 1.82) is 0 Å². The van der Waals surface area contributed by atoms with Gasteiger partial charge in [-0.1, -0.05) is 50.8 Å². The maximum absolute atomic E-state index is 12.3. The minimum absolute atomic E-state index is 0.471. The van der Waals surface area contributed by atoms with Gasteiger partial charge in [0.05, 0.1) is 0 Å². The minimum atomic E-state index is -5.70. The van der Waals surface area contributed by atoms with E-state index in [0.29, 0.717) is 0 Å². The fraction of sp³-hybridized carbons (Fsp3) is 0.286. The minimum Gasteiger partial charge on any atom is -0.376 e. The molecule has 116 valence electrons. The summed E-state index contributed by atoms with van der Waals surface area (Å²) in [7, 11) is -5.70. The van der Waals surface area contributed by atoms with Gasteiger partial charge in [0.15, 0.2) is 0 Å². The average molecular weight is 320 g/mol. The summed E-state index contributed by atoms with van der Waals surface area (Å²) in [6, 6.07) is 8.88. The van der Waals surface area contributed by atoms with E-state index in [9.17, 15) is 21.6 Å². The highest BCUT2D eigenvalue weighted by molar-refractivity contribution is 7.87. The molecule has 0 saturated carbocycles. The summed E-state index contributed by atoms with van der Waals surface area (Å²) >= 11 is 0. The van der Waals surface area contributed by atoms with Gasteiger partial charge in [-0.05, 0) is 17.7 Å². The summed E-state index contributed by atoms with van der Waals surface area (Å²) in [5.74, 6) is -0.471. The van der Waals surface area contributed by atoms with Gasteiger partial charge in [0.25, 0.3) is 0 Å². The first-order valence-electron chi connectivity index (χ1n) is 5.91. The second-order valence-corrected chi connectivity index (χ2v) is 6.36. The molecule has 0 N–H and O–H groups in total. The summed E-state index contributed by atoms with van der Waals surface area (Å²) < 4.78 is 63.0. The van der Waals surface area contributed by atoms with Crippen LogP contribution in [-0.4, -0.2) is 13.9 Å². The van der Waals surface area contributed by atoms with E-state index < -0.39 is 26.8 Å². The fourth-order valence-corrected chi connectivity index (χ4v) is 2.06. The van der Waals surface area contributed by atoms with Crippen LogP contribution in [0.25, 0.3) is 0 Å². The van der Waals surface area contributed by atoms with Crippen LogP contribution in [0.2, 0.25) is 0 Å². The van der Waals surface area contributed by atoms with Crippen LogP contribution in [0.4, 0.5) is 13.2 Å². The van der Waals surface area contributed by atoms with Crippen LogP contribution in [-0.2, 0) is 19.7 Å². The van der Waals surface area contributed by atoms with Gasteiger partial charge in [0.2, 0.25) is 0 Å². The molecule has 0 amide bonds. The maximum atomic E-state index is 12.3. The van der Waals surface area contributed by atoms with Crippen LogP contribution >= 0.6 is 0 Å². The number of halogens is 3. The third-order valence-corrected chi connectivity index (χ3v) is 3.69. The van der Waals surface area contributed by atoms with Gasteiger partial charge in [0.1, 0.15) is 5.76 Å². The van der Waals surface area contributed by atoms with E-state index in [1.807, 2.05) is 0 Å². The second kappa shape index (κ2) is 5.93. The number of rotatable bonds is 5. The van der Waals surface area contributed by atoms with Crippen molar-refractivity contribution in [3.8, 4) is 0 Å². The molecule has 0 radical (unpaired) electrons. The van der Waals surface area contributed by atoms with E-state index in [4.69, 9.17) is 0 Å². The number of allylic oxidation sites excluding steroid dienone is 2. The SMILES string of the molecule is C=C/C(=C\C(C)(C)c1ccccc1)OS(=O)(=O)C(F)(F)F. The van der Waals surface area contributed by atoms with Crippen molar-refractivity contribution in [2.45, 2.75) is 24.8 Å². The standard InChI is InChI=1S/C14H15F3O3S/c1-4-12(20-21(18,19)14(15,16)17)10-13(2,3)11-8-6-5-7-9-11/h4-10H,1H2,2-3H3/b12-10+. The van der Waals surface area contributed by atoms with Crippen LogP contribution in [0, 0.1) is 0 Å². The van der Waals surface area contributed by atoms with Crippen molar-refractivity contribution in [3.05, 3.63) is 60.4 Å². The van der Waals surface area contributed by atoms with Gasteiger partial charge >= 0.3 is 15.6 Å². The van der Waals surface area contributed by atoms with Crippen LogP contribution in [0.1, 0.15) is 19.4 Å². The summed E-state index contributed by atoms with van der Waals surface area (Å²) in [5.41, 5.74) is -5.42. The van der Waals surface area contributed by atoms with Crippen molar-refractivity contribution in [1.82, 2.24) is 0 Å². The predicted octanol–water partition coefficient (Wildman–Crippen LogP) is 3.90. The number of alkyl halides is 3. The molecule has 0 bridgehead atoms. The first-order valence-corrected chi connectivity index (χ1v) is 7.32. The second-order valence-electron chi connectivity index (χ2n) is 4.82. The van der Waals surface area contributed by atoms with Gasteiger partial charge < -0.3 is 4.18 Å². The zero-order chi connectivity index (χ0) is 16.3. The number of hydrogen-bond acceptors (Lipinski definition) is 3. The van der Waals surface area contributed by atoms with E-state index in [-0.39, 0.29) is 0 Å². The lowest BCUT2D eigenvalue weighted by Gasteiger charge is -2.22. The van der Waals surface area contributed by atoms with Crippen molar-refractivity contribution in [2.24, 2.45) is 0 Å². The highest BCUT2D eigenvalue weighted by atomic mass is 32.2. The molecule has 0 aliphatic rings. The highest BCUT2D eigenvalue weighted by Gasteiger charge is 2.48. The molecule has 21 heavy (non-hydrogen) atoms. The monoisotopic (exact) mass is 320 g/mol. The van der Waals surface area contributed by atoms with Crippen molar-refractivity contribution >= 4 is 10.1 Å². The van der Waals surface area contributed by atoms with Crippen LogP contribution in [0.5, 0.6) is 0 Å². The molecular weight excluding hydrogens is 305 g/mol. The smallest absolute Gasteiger partial charge is 0.376 e. The fourth-order valence-electron chi connectivity index (χ4n) is 1.60. The van der Waals surface area contributed by atoms with Crippen molar-refractivity contribution in [3.63, 3.8) is 0 Å². The Morgan fingerprint density at radius 1 is 1.19 bits per heavy atom. The summed E-state index contributed by atoms with van der Waals surface area (Å²) in [4.78, 5) is 0. The average Bonchev–Trinajstić information content (AvgIpc) is 2.37. The molecule has 7 heteroatoms. The van der Waals surface area contributed by atoms with Gasteiger partial charge in [0, 0.05) is 5.41 Å². The molecule has 3 nitrogen and oxygen atoms in total. The molecule has 0 atom stereocenters. The molecule has 0 unspecified atom stereocenters. The van der Waals surface area contributed by atoms with Crippen LogP contribution in [0.15, 0.2) is 54.8 Å². The molecule has 1 rings (SSSR count). The Labute approximate surface area is 121 Å². The molecule has 0 aliphatic heterocycles. The lowest BCUT2D eigenvalue weighted by molar-refractivity contribution is -0.0520. The highest BCUT2D eigenvalue weighted by Crippen LogP contribution is 2.30. The lowest BCUT2D eigenvalue weighted by atomic mass is 9.84. The summed E-state index contributed by atoms with van der Waals surface area (Å²) in [6.07, 6.45) is 2.20. The van der Waals surface area contributed by atoms with E-state index in [0.717, 1.165) is 11.6 Å². The molecule has 0 saturated heterocycles. The largest absolute Gasteiger partial charge is 0.534 e. The molecule has 0 aliphatic carbocycles. The van der Waals surface area contributed by atoms with Gasteiger partial charge in [-0.3, -0.25) is 0 Å². The summed E-state index contributed by atoms with van der Waals surface area (Å²) in [6.45, 7) is 6.72. The maximum Gasteiger partial charge on any atom is 0.534 e. The number of hydrogen-bond donors (Lipinski definition) is 0. The Kier molecular flexibility index (Phi) is 4.88. The quantitative estimate of drug-likeness (QED) is 0.358. The third kappa shape index (κ3) is 4.35. The Hall–Kier alpha value is -1.76. The first-order chi connectivity index (χ1) is 9.49. The molecular formula is C14H15F3O3S. The van der Waals surface area contributed by atoms with Gasteiger partial charge in [-0.15, -0.1) is 0 Å². The Morgan fingerprint density at radius 3 is 2.14 bits per heavy atom. The predicted molar refractivity (Wildman–Crippen MR) is 73.8 cm³/mol. The topological polar surface area (TPSA) is 43.4 Å². The molecule has 0 spiro atoms. The summed E-state index contributed by atoms with van der Waals surface area (Å²) in [5, 5.41) is 0. The van der Waals surface area contributed by atoms with Crippen LogP contribution in [0.3, 0.4) is 0 Å². The Balaban J connectivity index is 3.14. The van der Waals surface area contributed by atoms with Crippen molar-refractivity contribution < 1.29 is 25.8 Å². The molecule has 0 fully saturated rings. The van der Waals surface area contributed by atoms with Crippen LogP contribution < -0.4 is 0 Å². The van der Waals surface area contributed by atoms with Gasteiger partial charge in [-0.25, -0.2) is 0 Å². The van der Waals surface area contributed by atoms with Gasteiger partial charge in [-0.2, -0.15) is 21.6 Å². The molecule has 0 heterocycles. The lowest BCUT2D eigenvalue weighted by Crippen LogP contribution is -2.25. The van der Waals surface area contributed by atoms with E-state index in [2.05, 4.69) is 10.8 Å². The van der Waals surface area contributed by atoms with Crippen molar-refractivity contribution in [2.75, 3.05) is 0 Å². The zero-order valence-corrected chi connectivity index (χ0v) is 12.3. The Bertz CT molecular complexity index is 629. The molecule has 1 aromatic carbocycles. The normalized spacial score (nSPS) is 13.9. The van der Waals surface area contributed by atoms with E-state index in [1.165, 1.54) is 6.08 Å². The third-order valence-electron chi connectivity index (χ3n) is 2.71. The van der Waals surface area contributed by atoms with E-state index >= 15 is 0 Å². The first kappa shape index (κ1) is 17.3. The van der Waals surface area contributed by atoms with E-state index in [1.54, 1.807) is 44.2 Å². The zero-order valence-electron chi connectivity index (χ0n) is 11.5. The Morgan fingerprint density at radius 2 is 1.71 bits per heavy atom. The number of benzene rings is 1. The molecule has 0 aromatic heterocycles.